The average molecular weight is 268 g/mol. The van der Waals surface area contributed by atoms with E-state index in [2.05, 4.69) is 12.1 Å². The second kappa shape index (κ2) is 8.15. The highest BCUT2D eigenvalue weighted by Gasteiger charge is 2.09. The Morgan fingerprint density at radius 3 is 2.61 bits per heavy atom. The summed E-state index contributed by atoms with van der Waals surface area (Å²) in [5.41, 5.74) is 1.29. The smallest absolute Gasteiger partial charge is 0.222 e. The predicted octanol–water partition coefficient (Wildman–Crippen LogP) is 3.49. The first kappa shape index (κ1) is 15.0. The van der Waals surface area contributed by atoms with E-state index in [-0.39, 0.29) is 11.3 Å². The Balaban J connectivity index is 2.20. The maximum absolute atomic E-state index is 11.8. The number of rotatable bonds is 7. The van der Waals surface area contributed by atoms with Crippen LogP contribution in [0.25, 0.3) is 0 Å². The second-order valence-electron chi connectivity index (χ2n) is 4.72. The fourth-order valence-electron chi connectivity index (χ4n) is 1.78. The largest absolute Gasteiger partial charge is 0.346 e. The van der Waals surface area contributed by atoms with Crippen molar-refractivity contribution in [3.8, 4) is 0 Å². The number of hydrogen-bond donors (Lipinski definition) is 0. The lowest BCUT2D eigenvalue weighted by Crippen LogP contribution is -2.28. The molecule has 0 spiro atoms. The summed E-state index contributed by atoms with van der Waals surface area (Å²) in [5.74, 6) is 0.211. The van der Waals surface area contributed by atoms with Crippen molar-refractivity contribution in [3.63, 3.8) is 0 Å². The van der Waals surface area contributed by atoms with Crippen LogP contribution in [-0.2, 0) is 11.2 Å². The van der Waals surface area contributed by atoms with Crippen molar-refractivity contribution in [3.05, 3.63) is 35.9 Å². The molecule has 1 unspecified atom stereocenters. The first-order valence-electron chi connectivity index (χ1n) is 6.51. The average Bonchev–Trinajstić information content (AvgIpc) is 2.37. The van der Waals surface area contributed by atoms with Crippen molar-refractivity contribution in [2.45, 2.75) is 38.0 Å². The Labute approximate surface area is 115 Å². The molecule has 1 aromatic rings. The van der Waals surface area contributed by atoms with Crippen molar-refractivity contribution in [2.24, 2.45) is 0 Å². The zero-order valence-electron chi connectivity index (χ0n) is 11.2. The monoisotopic (exact) mass is 267 g/mol. The van der Waals surface area contributed by atoms with Gasteiger partial charge in [-0.15, -0.1) is 11.6 Å². The van der Waals surface area contributed by atoms with Gasteiger partial charge in [-0.25, -0.2) is 0 Å². The second-order valence-corrected chi connectivity index (χ2v) is 5.47. The van der Waals surface area contributed by atoms with Gasteiger partial charge in [-0.3, -0.25) is 4.79 Å². The van der Waals surface area contributed by atoms with E-state index in [1.54, 1.807) is 4.90 Å². The normalized spacial score (nSPS) is 12.2. The lowest BCUT2D eigenvalue weighted by molar-refractivity contribution is -0.130. The fourth-order valence-corrected chi connectivity index (χ4v) is 1.87. The number of carbonyl (C=O) groups is 1. The van der Waals surface area contributed by atoms with Gasteiger partial charge >= 0.3 is 0 Å². The molecule has 0 fully saturated rings. The summed E-state index contributed by atoms with van der Waals surface area (Å²) in [7, 11) is 1.85. The first-order chi connectivity index (χ1) is 8.59. The number of benzene rings is 1. The van der Waals surface area contributed by atoms with Gasteiger partial charge in [0.05, 0.1) is 0 Å². The third kappa shape index (κ3) is 6.06. The fraction of sp³-hybridized carbons (Fsp3) is 0.533. The van der Waals surface area contributed by atoms with E-state index >= 15 is 0 Å². The van der Waals surface area contributed by atoms with Crippen molar-refractivity contribution >= 4 is 17.5 Å². The maximum atomic E-state index is 11.8. The molecule has 0 saturated carbocycles. The molecule has 3 heteroatoms. The molecule has 0 saturated heterocycles. The van der Waals surface area contributed by atoms with Gasteiger partial charge in [0.1, 0.15) is 0 Å². The summed E-state index contributed by atoms with van der Waals surface area (Å²) < 4.78 is 0. The van der Waals surface area contributed by atoms with Crippen LogP contribution in [0.15, 0.2) is 30.3 Å². The highest BCUT2D eigenvalue weighted by Crippen LogP contribution is 2.07. The van der Waals surface area contributed by atoms with Crippen LogP contribution in [0, 0.1) is 0 Å². The van der Waals surface area contributed by atoms with Gasteiger partial charge in [0.25, 0.3) is 0 Å². The molecule has 2 nitrogen and oxygen atoms in total. The van der Waals surface area contributed by atoms with Crippen LogP contribution in [0.3, 0.4) is 0 Å². The molecule has 100 valence electrons. The molecule has 0 aliphatic heterocycles. The van der Waals surface area contributed by atoms with E-state index in [0.717, 1.165) is 25.8 Å². The highest BCUT2D eigenvalue weighted by atomic mass is 35.5. The van der Waals surface area contributed by atoms with Crippen LogP contribution in [0.2, 0.25) is 0 Å². The third-order valence-corrected chi connectivity index (χ3v) is 3.21. The lowest BCUT2D eigenvalue weighted by atomic mass is 10.1. The number of nitrogens with zero attached hydrogens (tertiary/aromatic N) is 1. The van der Waals surface area contributed by atoms with Crippen LogP contribution in [-0.4, -0.2) is 29.8 Å². The molecule has 0 aromatic heterocycles. The number of hydrogen-bond acceptors (Lipinski definition) is 1. The zero-order chi connectivity index (χ0) is 13.4. The van der Waals surface area contributed by atoms with Gasteiger partial charge in [-0.2, -0.15) is 0 Å². The molecule has 0 aliphatic carbocycles. The molecule has 1 atom stereocenters. The molecule has 0 bridgehead atoms. The number of carbonyl (C=O) groups excluding carboxylic acids is 1. The Bertz CT molecular complexity index is 351. The molecule has 1 amide bonds. The van der Waals surface area contributed by atoms with Gasteiger partial charge < -0.3 is 4.90 Å². The van der Waals surface area contributed by atoms with Gasteiger partial charge in [-0.1, -0.05) is 30.3 Å². The van der Waals surface area contributed by atoms with E-state index in [1.807, 2.05) is 32.2 Å². The van der Waals surface area contributed by atoms with Gasteiger partial charge in [0, 0.05) is 25.4 Å². The SMILES string of the molecule is CC(Cl)CCN(C)C(=O)CCCc1ccccc1. The Morgan fingerprint density at radius 2 is 2.00 bits per heavy atom. The van der Waals surface area contributed by atoms with Crippen LogP contribution in [0.4, 0.5) is 0 Å². The van der Waals surface area contributed by atoms with Crippen molar-refractivity contribution in [1.82, 2.24) is 4.90 Å². The van der Waals surface area contributed by atoms with E-state index in [9.17, 15) is 4.79 Å². The topological polar surface area (TPSA) is 20.3 Å². The molecule has 0 N–H and O–H groups in total. The molecule has 1 rings (SSSR count). The molecule has 0 aliphatic rings. The highest BCUT2D eigenvalue weighted by molar-refractivity contribution is 6.20. The van der Waals surface area contributed by atoms with Gasteiger partial charge in [0.15, 0.2) is 0 Å². The molecule has 0 heterocycles. The minimum atomic E-state index is 0.129. The van der Waals surface area contributed by atoms with Crippen molar-refractivity contribution in [2.75, 3.05) is 13.6 Å². The van der Waals surface area contributed by atoms with Crippen LogP contribution < -0.4 is 0 Å². The first-order valence-corrected chi connectivity index (χ1v) is 6.95. The van der Waals surface area contributed by atoms with Gasteiger partial charge in [0.2, 0.25) is 5.91 Å². The number of aryl methyl sites for hydroxylation is 1. The van der Waals surface area contributed by atoms with Crippen LogP contribution >= 0.6 is 11.6 Å². The zero-order valence-corrected chi connectivity index (χ0v) is 12.0. The van der Waals surface area contributed by atoms with E-state index in [0.29, 0.717) is 6.42 Å². The van der Waals surface area contributed by atoms with Crippen molar-refractivity contribution in [1.29, 1.82) is 0 Å². The molecule has 1 aromatic carbocycles. The Hall–Kier alpha value is -1.02. The predicted molar refractivity (Wildman–Crippen MR) is 76.9 cm³/mol. The third-order valence-electron chi connectivity index (χ3n) is 2.99. The quantitative estimate of drug-likeness (QED) is 0.693. The summed E-state index contributed by atoms with van der Waals surface area (Å²) in [5, 5.41) is 0.129. The minimum absolute atomic E-state index is 0.129. The van der Waals surface area contributed by atoms with Crippen molar-refractivity contribution < 1.29 is 4.79 Å². The van der Waals surface area contributed by atoms with Crippen LogP contribution in [0.5, 0.6) is 0 Å². The number of halogens is 1. The minimum Gasteiger partial charge on any atom is -0.346 e. The maximum Gasteiger partial charge on any atom is 0.222 e. The van der Waals surface area contributed by atoms with E-state index in [1.165, 1.54) is 5.56 Å². The molecule has 18 heavy (non-hydrogen) atoms. The van der Waals surface area contributed by atoms with Gasteiger partial charge in [-0.05, 0) is 31.7 Å². The summed E-state index contributed by atoms with van der Waals surface area (Å²) in [4.78, 5) is 13.6. The molecular formula is C15H22ClNO. The molecule has 0 radical (unpaired) electrons. The summed E-state index contributed by atoms with van der Waals surface area (Å²) in [6, 6.07) is 10.3. The van der Waals surface area contributed by atoms with E-state index < -0.39 is 0 Å². The summed E-state index contributed by atoms with van der Waals surface area (Å²) >= 11 is 5.87. The number of alkyl halides is 1. The Kier molecular flexibility index (Phi) is 6.81. The Morgan fingerprint density at radius 1 is 1.33 bits per heavy atom. The van der Waals surface area contributed by atoms with E-state index in [4.69, 9.17) is 11.6 Å². The lowest BCUT2D eigenvalue weighted by Gasteiger charge is -2.17. The summed E-state index contributed by atoms with van der Waals surface area (Å²) in [6.07, 6.45) is 3.33. The number of amides is 1. The molecular weight excluding hydrogens is 246 g/mol. The standard InChI is InChI=1S/C15H22ClNO/c1-13(16)11-12-17(2)15(18)10-6-9-14-7-4-3-5-8-14/h3-5,7-8,13H,6,9-12H2,1-2H3. The van der Waals surface area contributed by atoms with Crippen LogP contribution in [0.1, 0.15) is 31.7 Å². The summed E-state index contributed by atoms with van der Waals surface area (Å²) in [6.45, 7) is 2.70.